The SMILES string of the molecule is CC(=O)CC(=O)Nc1ccc([C@H](C#N)c2ccccc2)c(Cl)c1. The van der Waals surface area contributed by atoms with Gasteiger partial charge in [0.25, 0.3) is 0 Å². The minimum absolute atomic E-state index is 0.176. The Kier molecular flexibility index (Phi) is 5.51. The molecule has 1 N–H and O–H groups in total. The molecule has 0 fully saturated rings. The zero-order chi connectivity index (χ0) is 16.8. The zero-order valence-corrected chi connectivity index (χ0v) is 13.3. The van der Waals surface area contributed by atoms with E-state index in [0.29, 0.717) is 16.3 Å². The molecule has 4 nitrogen and oxygen atoms in total. The topological polar surface area (TPSA) is 70.0 Å². The van der Waals surface area contributed by atoms with Gasteiger partial charge in [-0.2, -0.15) is 5.26 Å². The first kappa shape index (κ1) is 16.7. The second-order valence-electron chi connectivity index (χ2n) is 5.14. The number of Topliss-reactive ketones (excluding diaryl/α,β-unsaturated/α-hetero) is 1. The molecule has 116 valence electrons. The van der Waals surface area contributed by atoms with Gasteiger partial charge in [0.2, 0.25) is 5.91 Å². The normalized spacial score (nSPS) is 11.3. The third kappa shape index (κ3) is 4.41. The Hall–Kier alpha value is -2.64. The fraction of sp³-hybridized carbons (Fsp3) is 0.167. The number of carbonyl (C=O) groups excluding carboxylic acids is 2. The number of halogens is 1. The predicted octanol–water partition coefficient (Wildman–Crippen LogP) is 3.91. The summed E-state index contributed by atoms with van der Waals surface area (Å²) >= 11 is 6.27. The van der Waals surface area contributed by atoms with Crippen molar-refractivity contribution in [1.29, 1.82) is 5.26 Å². The van der Waals surface area contributed by atoms with Crippen molar-refractivity contribution in [2.45, 2.75) is 19.3 Å². The van der Waals surface area contributed by atoms with E-state index in [-0.39, 0.29) is 18.1 Å². The molecule has 23 heavy (non-hydrogen) atoms. The largest absolute Gasteiger partial charge is 0.326 e. The van der Waals surface area contributed by atoms with Gasteiger partial charge in [0.15, 0.2) is 0 Å². The standard InChI is InChI=1S/C18H15ClN2O2/c1-12(22)9-18(23)21-14-7-8-15(17(19)10-14)16(11-20)13-5-3-2-4-6-13/h2-8,10,16H,9H2,1H3,(H,21,23)/t16-/m1/s1. The molecule has 0 aromatic heterocycles. The smallest absolute Gasteiger partial charge is 0.231 e. The molecule has 0 unspecified atom stereocenters. The fourth-order valence-electron chi connectivity index (χ4n) is 2.24. The molecule has 0 saturated carbocycles. The number of nitrogens with one attached hydrogen (secondary N) is 1. The lowest BCUT2D eigenvalue weighted by molar-refractivity contribution is -0.124. The summed E-state index contributed by atoms with van der Waals surface area (Å²) in [7, 11) is 0. The molecule has 5 heteroatoms. The van der Waals surface area contributed by atoms with Gasteiger partial charge in [-0.3, -0.25) is 9.59 Å². The molecule has 0 aliphatic rings. The maximum absolute atomic E-state index is 11.6. The van der Waals surface area contributed by atoms with Crippen molar-refractivity contribution in [2.24, 2.45) is 0 Å². The van der Waals surface area contributed by atoms with Crippen molar-refractivity contribution in [3.63, 3.8) is 0 Å². The van der Waals surface area contributed by atoms with Crippen LogP contribution in [0.4, 0.5) is 5.69 Å². The Balaban J connectivity index is 2.24. The van der Waals surface area contributed by atoms with Gasteiger partial charge < -0.3 is 5.32 Å². The lowest BCUT2D eigenvalue weighted by atomic mass is 9.92. The number of anilines is 1. The Bertz CT molecular complexity index is 766. The Morgan fingerprint density at radius 2 is 1.91 bits per heavy atom. The molecule has 0 radical (unpaired) electrons. The number of hydrogen-bond donors (Lipinski definition) is 1. The minimum atomic E-state index is -0.481. The first-order valence-corrected chi connectivity index (χ1v) is 7.42. The van der Waals surface area contributed by atoms with E-state index in [1.165, 1.54) is 6.92 Å². The van der Waals surface area contributed by atoms with Crippen LogP contribution in [0.15, 0.2) is 48.5 Å². The number of amides is 1. The summed E-state index contributed by atoms with van der Waals surface area (Å²) in [5.41, 5.74) is 2.02. The Morgan fingerprint density at radius 3 is 2.48 bits per heavy atom. The number of ketones is 1. The number of carbonyl (C=O) groups is 2. The van der Waals surface area contributed by atoms with Gasteiger partial charge in [-0.05, 0) is 30.2 Å². The molecule has 0 aliphatic carbocycles. The Morgan fingerprint density at radius 1 is 1.22 bits per heavy atom. The number of nitrogens with zero attached hydrogens (tertiary/aromatic N) is 1. The zero-order valence-electron chi connectivity index (χ0n) is 12.5. The van der Waals surface area contributed by atoms with E-state index in [1.807, 2.05) is 30.3 Å². The van der Waals surface area contributed by atoms with Crippen molar-refractivity contribution in [2.75, 3.05) is 5.32 Å². The quantitative estimate of drug-likeness (QED) is 0.847. The average molecular weight is 327 g/mol. The maximum Gasteiger partial charge on any atom is 0.231 e. The summed E-state index contributed by atoms with van der Waals surface area (Å²) in [6, 6.07) is 16.6. The summed E-state index contributed by atoms with van der Waals surface area (Å²) in [5.74, 6) is -1.08. The molecule has 0 aliphatic heterocycles. The van der Waals surface area contributed by atoms with Crippen LogP contribution in [0.2, 0.25) is 5.02 Å². The van der Waals surface area contributed by atoms with Gasteiger partial charge in [0, 0.05) is 10.7 Å². The molecule has 0 bridgehead atoms. The van der Waals surface area contributed by atoms with Crippen molar-refractivity contribution >= 4 is 29.0 Å². The number of benzene rings is 2. The molecule has 0 saturated heterocycles. The summed E-state index contributed by atoms with van der Waals surface area (Å²) in [4.78, 5) is 22.5. The first-order valence-electron chi connectivity index (χ1n) is 7.04. The highest BCUT2D eigenvalue weighted by molar-refractivity contribution is 6.31. The van der Waals surface area contributed by atoms with Crippen LogP contribution in [0.25, 0.3) is 0 Å². The summed E-state index contributed by atoms with van der Waals surface area (Å²) in [6.45, 7) is 1.35. The molecule has 1 amide bonds. The van der Waals surface area contributed by atoms with Gasteiger partial charge in [-0.1, -0.05) is 48.0 Å². The Labute approximate surface area is 139 Å². The predicted molar refractivity (Wildman–Crippen MR) is 89.3 cm³/mol. The van der Waals surface area contributed by atoms with E-state index < -0.39 is 5.92 Å². The van der Waals surface area contributed by atoms with Crippen molar-refractivity contribution in [3.8, 4) is 6.07 Å². The van der Waals surface area contributed by atoms with E-state index >= 15 is 0 Å². The van der Waals surface area contributed by atoms with Crippen LogP contribution in [0.3, 0.4) is 0 Å². The van der Waals surface area contributed by atoms with E-state index in [2.05, 4.69) is 11.4 Å². The van der Waals surface area contributed by atoms with E-state index in [1.54, 1.807) is 18.2 Å². The monoisotopic (exact) mass is 326 g/mol. The van der Waals surface area contributed by atoms with Crippen LogP contribution >= 0.6 is 11.6 Å². The molecular formula is C18H15ClN2O2. The first-order chi connectivity index (χ1) is 11.0. The van der Waals surface area contributed by atoms with Gasteiger partial charge >= 0.3 is 0 Å². The van der Waals surface area contributed by atoms with Gasteiger partial charge in [0.05, 0.1) is 18.4 Å². The highest BCUT2D eigenvalue weighted by atomic mass is 35.5. The molecule has 0 heterocycles. The van der Waals surface area contributed by atoms with Crippen molar-refractivity contribution < 1.29 is 9.59 Å². The van der Waals surface area contributed by atoms with Crippen LogP contribution in [0, 0.1) is 11.3 Å². The number of nitriles is 1. The molecular weight excluding hydrogens is 312 g/mol. The number of hydrogen-bond acceptors (Lipinski definition) is 3. The lowest BCUT2D eigenvalue weighted by Gasteiger charge is -2.13. The summed E-state index contributed by atoms with van der Waals surface area (Å²) < 4.78 is 0. The van der Waals surface area contributed by atoms with Gasteiger partial charge in [-0.15, -0.1) is 0 Å². The number of rotatable bonds is 5. The maximum atomic E-state index is 11.6. The van der Waals surface area contributed by atoms with Gasteiger partial charge in [0.1, 0.15) is 5.78 Å². The summed E-state index contributed by atoms with van der Waals surface area (Å²) in [6.07, 6.45) is -0.176. The van der Waals surface area contributed by atoms with E-state index in [0.717, 1.165) is 5.56 Å². The molecule has 0 spiro atoms. The van der Waals surface area contributed by atoms with Crippen LogP contribution in [0.5, 0.6) is 0 Å². The van der Waals surface area contributed by atoms with E-state index in [9.17, 15) is 14.9 Å². The second-order valence-corrected chi connectivity index (χ2v) is 5.54. The highest BCUT2D eigenvalue weighted by Crippen LogP contribution is 2.31. The van der Waals surface area contributed by atoms with Crippen LogP contribution in [-0.2, 0) is 9.59 Å². The molecule has 1 atom stereocenters. The second kappa shape index (κ2) is 7.57. The third-order valence-corrected chi connectivity index (χ3v) is 3.59. The van der Waals surface area contributed by atoms with Gasteiger partial charge in [-0.25, -0.2) is 0 Å². The molecule has 2 aromatic carbocycles. The lowest BCUT2D eigenvalue weighted by Crippen LogP contribution is -2.14. The van der Waals surface area contributed by atoms with Crippen molar-refractivity contribution in [3.05, 3.63) is 64.7 Å². The highest BCUT2D eigenvalue weighted by Gasteiger charge is 2.17. The fourth-order valence-corrected chi connectivity index (χ4v) is 2.53. The van der Waals surface area contributed by atoms with E-state index in [4.69, 9.17) is 11.6 Å². The van der Waals surface area contributed by atoms with Crippen LogP contribution in [-0.4, -0.2) is 11.7 Å². The average Bonchev–Trinajstić information content (AvgIpc) is 2.50. The van der Waals surface area contributed by atoms with Crippen LogP contribution in [0.1, 0.15) is 30.4 Å². The van der Waals surface area contributed by atoms with Crippen molar-refractivity contribution in [1.82, 2.24) is 0 Å². The molecule has 2 rings (SSSR count). The summed E-state index contributed by atoms with van der Waals surface area (Å²) in [5, 5.41) is 12.5. The minimum Gasteiger partial charge on any atom is -0.326 e. The molecule has 2 aromatic rings. The van der Waals surface area contributed by atoms with Crippen LogP contribution < -0.4 is 5.32 Å². The third-order valence-electron chi connectivity index (χ3n) is 3.27.